The van der Waals surface area contributed by atoms with E-state index >= 15 is 0 Å². The Labute approximate surface area is 361 Å². The summed E-state index contributed by atoms with van der Waals surface area (Å²) in [5, 5.41) is 11.3. The summed E-state index contributed by atoms with van der Waals surface area (Å²) in [7, 11) is 0. The van der Waals surface area contributed by atoms with Crippen LogP contribution >= 0.6 is 0 Å². The van der Waals surface area contributed by atoms with Gasteiger partial charge in [-0.15, -0.1) is 0 Å². The number of halogens is 3. The molecule has 2 aromatic carbocycles. The Morgan fingerprint density at radius 3 is 2.03 bits per heavy atom. The third-order valence-electron chi connectivity index (χ3n) is 13.9. The topological polar surface area (TPSA) is 171 Å². The lowest BCUT2D eigenvalue weighted by molar-refractivity contribution is -0.138. The maximum atomic E-state index is 13.7. The van der Waals surface area contributed by atoms with Gasteiger partial charge in [0.05, 0.1) is 28.6 Å². The van der Waals surface area contributed by atoms with Crippen LogP contribution in [0.2, 0.25) is 0 Å². The van der Waals surface area contributed by atoms with E-state index in [9.17, 15) is 41.9 Å². The lowest BCUT2D eigenvalue weighted by Crippen LogP contribution is -2.54. The summed E-state index contributed by atoms with van der Waals surface area (Å²) in [5.74, 6) is -2.24. The van der Waals surface area contributed by atoms with Gasteiger partial charge >= 0.3 is 6.18 Å². The number of rotatable bonds is 6. The molecule has 3 aromatic rings. The van der Waals surface area contributed by atoms with Crippen LogP contribution in [0.5, 0.6) is 0 Å². The molecule has 1 unspecified atom stereocenters. The third kappa shape index (κ3) is 7.93. The van der Waals surface area contributed by atoms with Crippen molar-refractivity contribution < 1.29 is 41.9 Å². The van der Waals surface area contributed by atoms with E-state index in [1.807, 2.05) is 39.0 Å². The number of pyridine rings is 1. The van der Waals surface area contributed by atoms with Gasteiger partial charge in [-0.05, 0) is 92.5 Å². The molecule has 0 bridgehead atoms. The molecule has 5 fully saturated rings. The number of carbonyl (C=O) groups is 6. The van der Waals surface area contributed by atoms with E-state index in [0.29, 0.717) is 89.5 Å². The van der Waals surface area contributed by atoms with Crippen molar-refractivity contribution in [1.29, 1.82) is 5.26 Å². The summed E-state index contributed by atoms with van der Waals surface area (Å²) < 4.78 is 40.6. The molecule has 63 heavy (non-hydrogen) atoms. The number of carbonyl (C=O) groups excluding carboxylic acids is 6. The number of imide groups is 2. The molecule has 1 N–H and O–H groups in total. The number of aromatic nitrogens is 1. The highest BCUT2D eigenvalue weighted by molar-refractivity contribution is 6.23. The number of fused-ring (bicyclic) bond motifs is 1. The molecule has 1 aromatic heterocycles. The molecule has 18 heteroatoms. The van der Waals surface area contributed by atoms with E-state index in [-0.39, 0.29) is 47.1 Å². The van der Waals surface area contributed by atoms with Crippen LogP contribution in [-0.4, -0.2) is 127 Å². The molecule has 0 radical (unpaired) electrons. The minimum absolute atomic E-state index is 0.0513. The number of nitrogens with zero attached hydrogens (tertiary/aromatic N) is 8. The molecular formula is C45H46F3N9O6. The minimum Gasteiger partial charge on any atom is -0.371 e. The zero-order valence-corrected chi connectivity index (χ0v) is 34.5. The molecule has 6 amide bonds. The number of piperidine rings is 3. The number of piperazine rings is 1. The molecule has 1 atom stereocenters. The monoisotopic (exact) mass is 865 g/mol. The Hall–Kier alpha value is -6.51. The number of anilines is 3. The van der Waals surface area contributed by atoms with Gasteiger partial charge in [0.25, 0.3) is 17.7 Å². The van der Waals surface area contributed by atoms with Crippen molar-refractivity contribution in [2.24, 2.45) is 11.3 Å². The van der Waals surface area contributed by atoms with Gasteiger partial charge in [0.15, 0.2) is 5.69 Å². The van der Waals surface area contributed by atoms with E-state index < -0.39 is 47.1 Å². The van der Waals surface area contributed by atoms with Crippen LogP contribution in [0.1, 0.15) is 87.3 Å². The van der Waals surface area contributed by atoms with Gasteiger partial charge in [0.1, 0.15) is 12.1 Å². The zero-order valence-electron chi connectivity index (χ0n) is 34.5. The maximum Gasteiger partial charge on any atom is 0.419 e. The molecule has 0 saturated carbocycles. The van der Waals surface area contributed by atoms with E-state index in [1.54, 1.807) is 18.2 Å². The first kappa shape index (κ1) is 41.8. The largest absolute Gasteiger partial charge is 0.419 e. The Morgan fingerprint density at radius 2 is 1.37 bits per heavy atom. The molecule has 6 aliphatic rings. The number of alkyl halides is 3. The van der Waals surface area contributed by atoms with Crippen molar-refractivity contribution in [1.82, 2.24) is 25.0 Å². The number of nitrogens with one attached hydrogen (secondary N) is 1. The number of hydrogen-bond donors (Lipinski definition) is 1. The van der Waals surface area contributed by atoms with Gasteiger partial charge < -0.3 is 24.5 Å². The predicted molar refractivity (Wildman–Crippen MR) is 222 cm³/mol. The van der Waals surface area contributed by atoms with E-state index in [0.717, 1.165) is 41.6 Å². The van der Waals surface area contributed by atoms with E-state index in [2.05, 4.69) is 20.1 Å². The van der Waals surface area contributed by atoms with Gasteiger partial charge in [-0.3, -0.25) is 39.0 Å². The van der Waals surface area contributed by atoms with E-state index in [1.165, 1.54) is 12.3 Å². The van der Waals surface area contributed by atoms with Crippen LogP contribution < -0.4 is 20.0 Å². The fraction of sp³-hybridized carbons (Fsp3) is 0.467. The first-order valence-corrected chi connectivity index (χ1v) is 21.5. The molecule has 1 spiro atoms. The number of amides is 6. The van der Waals surface area contributed by atoms with Crippen LogP contribution in [-0.2, 0) is 20.6 Å². The highest BCUT2D eigenvalue weighted by Crippen LogP contribution is 2.43. The number of hydrogen-bond acceptors (Lipinski definition) is 11. The SMILES string of the molecule is N#Cc1ncc(N2CCC3(CCN(C(=O)c4ccc(N5CCN(C(=O)C6CCN(c7ccc8c(c7)C(=O)N(C7CCC(=O)NC7=O)C8=O)CC6)CC5)cc4)C3)CC2)cc1C(F)(F)F. The van der Waals surface area contributed by atoms with Crippen molar-refractivity contribution in [3.63, 3.8) is 0 Å². The second-order valence-electron chi connectivity index (χ2n) is 17.5. The standard InChI is InChI=1S/C45H46F3N9O6/c46-45(47,48)35-24-32(26-50-36(35)25-49)53-16-11-44(12-17-53)13-18-56(27-44)41(61)28-1-3-30(4-2-28)54-19-21-55(22-20-54)40(60)29-9-14-52(15-10-29)31-5-6-33-34(23-31)43(63)57(42(33)62)37-7-8-38(58)51-39(37)59/h1-6,23-24,26,29,37H,7-22,27H2,(H,51,58,59). The van der Waals surface area contributed by atoms with Crippen molar-refractivity contribution in [3.05, 3.63) is 82.7 Å². The summed E-state index contributed by atoms with van der Waals surface area (Å²) >= 11 is 0. The Bertz CT molecular complexity index is 2410. The quantitative estimate of drug-likeness (QED) is 0.355. The molecule has 6 aliphatic heterocycles. The van der Waals surface area contributed by atoms with Crippen molar-refractivity contribution in [2.45, 2.75) is 57.2 Å². The summed E-state index contributed by atoms with van der Waals surface area (Å²) in [5.41, 5.74) is 1.34. The number of benzene rings is 2. The van der Waals surface area contributed by atoms with Crippen LogP contribution in [0, 0.1) is 22.7 Å². The van der Waals surface area contributed by atoms with Gasteiger partial charge in [0, 0.05) is 94.7 Å². The molecule has 9 rings (SSSR count). The normalized spacial score (nSPS) is 21.8. The summed E-state index contributed by atoms with van der Waals surface area (Å²) in [6, 6.07) is 14.2. The van der Waals surface area contributed by atoms with Crippen molar-refractivity contribution in [3.8, 4) is 6.07 Å². The van der Waals surface area contributed by atoms with Crippen molar-refractivity contribution >= 4 is 52.5 Å². The minimum atomic E-state index is -4.67. The van der Waals surface area contributed by atoms with Crippen LogP contribution in [0.15, 0.2) is 54.7 Å². The highest BCUT2D eigenvalue weighted by atomic mass is 19.4. The second kappa shape index (κ2) is 16.3. The summed E-state index contributed by atoms with van der Waals surface area (Å²) in [6.07, 6.45) is 0.342. The first-order valence-electron chi connectivity index (χ1n) is 21.5. The fourth-order valence-electron chi connectivity index (χ4n) is 10.2. The lowest BCUT2D eigenvalue weighted by atomic mass is 9.77. The van der Waals surface area contributed by atoms with Crippen LogP contribution in [0.4, 0.5) is 30.2 Å². The van der Waals surface area contributed by atoms with Gasteiger partial charge in [-0.1, -0.05) is 0 Å². The average molecular weight is 866 g/mol. The highest BCUT2D eigenvalue weighted by Gasteiger charge is 2.46. The smallest absolute Gasteiger partial charge is 0.371 e. The molecule has 15 nitrogen and oxygen atoms in total. The molecule has 0 aliphatic carbocycles. The second-order valence-corrected chi connectivity index (χ2v) is 17.5. The molecular weight excluding hydrogens is 820 g/mol. The Morgan fingerprint density at radius 1 is 0.730 bits per heavy atom. The lowest BCUT2D eigenvalue weighted by Gasteiger charge is -2.40. The summed E-state index contributed by atoms with van der Waals surface area (Å²) in [4.78, 5) is 92.5. The van der Waals surface area contributed by atoms with Gasteiger partial charge in [-0.2, -0.15) is 18.4 Å². The molecule has 328 valence electrons. The Kier molecular flexibility index (Phi) is 10.8. The maximum absolute atomic E-state index is 13.7. The van der Waals surface area contributed by atoms with Crippen LogP contribution in [0.25, 0.3) is 0 Å². The summed E-state index contributed by atoms with van der Waals surface area (Å²) in [6.45, 7) is 5.90. The molecule has 5 saturated heterocycles. The van der Waals surface area contributed by atoms with Crippen LogP contribution in [0.3, 0.4) is 0 Å². The average Bonchev–Trinajstić information content (AvgIpc) is 3.82. The zero-order chi connectivity index (χ0) is 44.2. The fourth-order valence-corrected chi connectivity index (χ4v) is 10.2. The first-order chi connectivity index (χ1) is 30.2. The Balaban J connectivity index is 0.730. The van der Waals surface area contributed by atoms with Crippen molar-refractivity contribution in [2.75, 3.05) is 80.1 Å². The predicted octanol–water partition coefficient (Wildman–Crippen LogP) is 4.07. The molecule has 7 heterocycles. The van der Waals surface area contributed by atoms with E-state index in [4.69, 9.17) is 5.26 Å². The number of likely N-dealkylation sites (tertiary alicyclic amines) is 1. The van der Waals surface area contributed by atoms with Gasteiger partial charge in [-0.25, -0.2) is 4.98 Å². The number of nitriles is 1. The third-order valence-corrected chi connectivity index (χ3v) is 13.9. The van der Waals surface area contributed by atoms with Gasteiger partial charge in [0.2, 0.25) is 17.7 Å².